The van der Waals surface area contributed by atoms with Crippen molar-refractivity contribution in [2.75, 3.05) is 19.7 Å². The molecule has 1 aliphatic rings. The summed E-state index contributed by atoms with van der Waals surface area (Å²) in [4.78, 5) is 0. The molecule has 0 bridgehead atoms. The second kappa shape index (κ2) is 6.38. The molecule has 0 saturated heterocycles. The van der Waals surface area contributed by atoms with Gasteiger partial charge in [-0.2, -0.15) is 0 Å². The minimum atomic E-state index is -2.97. The maximum Gasteiger partial charge on any atom is 0.282 e. The topological polar surface area (TPSA) is 32.3 Å². The summed E-state index contributed by atoms with van der Waals surface area (Å²) in [6, 6.07) is 0. The number of hydrogen-bond donors (Lipinski definition) is 2. The Labute approximate surface area is 90.1 Å². The van der Waals surface area contributed by atoms with Gasteiger partial charge in [0.05, 0.1) is 6.54 Å². The quantitative estimate of drug-likeness (QED) is 0.674. The Bertz CT molecular complexity index is 170. The summed E-state index contributed by atoms with van der Waals surface area (Å²) in [7, 11) is 0. The molecule has 0 radical (unpaired) electrons. The van der Waals surface area contributed by atoms with Gasteiger partial charge in [0.2, 0.25) is 0 Å². The first-order valence-electron chi connectivity index (χ1n) is 5.83. The van der Waals surface area contributed by atoms with Gasteiger partial charge in [-0.1, -0.05) is 32.1 Å². The second-order valence-corrected chi connectivity index (χ2v) is 4.48. The van der Waals surface area contributed by atoms with E-state index in [2.05, 4.69) is 5.32 Å². The number of aliphatic hydroxyl groups excluding tert-OH is 1. The van der Waals surface area contributed by atoms with E-state index in [4.69, 9.17) is 5.11 Å². The Hall–Kier alpha value is -0.220. The van der Waals surface area contributed by atoms with Crippen LogP contribution in [0.15, 0.2) is 0 Å². The lowest BCUT2D eigenvalue weighted by Crippen LogP contribution is -2.36. The molecule has 2 N–H and O–H groups in total. The summed E-state index contributed by atoms with van der Waals surface area (Å²) in [6.45, 7) is -0.833. The number of halogens is 2. The highest BCUT2D eigenvalue weighted by Crippen LogP contribution is 2.25. The normalized spacial score (nSPS) is 19.4. The van der Waals surface area contributed by atoms with Crippen molar-refractivity contribution >= 4 is 0 Å². The van der Waals surface area contributed by atoms with Crippen LogP contribution in [0.2, 0.25) is 0 Å². The molecule has 2 nitrogen and oxygen atoms in total. The molecular formula is C11H21F2NO. The highest BCUT2D eigenvalue weighted by molar-refractivity contribution is 4.70. The monoisotopic (exact) mass is 221 g/mol. The molecule has 0 spiro atoms. The third-order valence-electron chi connectivity index (χ3n) is 3.07. The highest BCUT2D eigenvalue weighted by atomic mass is 19.3. The molecule has 15 heavy (non-hydrogen) atoms. The van der Waals surface area contributed by atoms with E-state index in [-0.39, 0.29) is 0 Å². The van der Waals surface area contributed by atoms with Crippen molar-refractivity contribution in [1.29, 1.82) is 0 Å². The zero-order valence-electron chi connectivity index (χ0n) is 9.14. The van der Waals surface area contributed by atoms with Gasteiger partial charge >= 0.3 is 0 Å². The highest BCUT2D eigenvalue weighted by Gasteiger charge is 2.26. The van der Waals surface area contributed by atoms with Crippen molar-refractivity contribution in [1.82, 2.24) is 5.32 Å². The van der Waals surface area contributed by atoms with Crippen LogP contribution in [0, 0.1) is 5.92 Å². The average Bonchev–Trinajstić information content (AvgIpc) is 2.26. The van der Waals surface area contributed by atoms with Gasteiger partial charge in [0.15, 0.2) is 0 Å². The zero-order valence-corrected chi connectivity index (χ0v) is 9.14. The van der Waals surface area contributed by atoms with Crippen LogP contribution < -0.4 is 5.32 Å². The summed E-state index contributed by atoms with van der Waals surface area (Å²) in [5, 5.41) is 11.1. The van der Waals surface area contributed by atoms with E-state index in [9.17, 15) is 8.78 Å². The fourth-order valence-electron chi connectivity index (χ4n) is 2.11. The summed E-state index contributed by atoms with van der Waals surface area (Å²) >= 11 is 0. The number of rotatable bonds is 6. The van der Waals surface area contributed by atoms with Crippen molar-refractivity contribution in [3.8, 4) is 0 Å². The third-order valence-corrected chi connectivity index (χ3v) is 3.07. The Morgan fingerprint density at radius 2 is 1.87 bits per heavy atom. The van der Waals surface area contributed by atoms with Crippen LogP contribution in [-0.2, 0) is 0 Å². The third kappa shape index (κ3) is 5.42. The maximum absolute atomic E-state index is 12.6. The molecule has 4 heteroatoms. The number of hydrogen-bond acceptors (Lipinski definition) is 2. The van der Waals surface area contributed by atoms with Crippen molar-refractivity contribution in [2.45, 2.75) is 44.4 Å². The molecule has 0 amide bonds. The first-order chi connectivity index (χ1) is 7.14. The van der Waals surface area contributed by atoms with E-state index in [1.807, 2.05) is 0 Å². The summed E-state index contributed by atoms with van der Waals surface area (Å²) in [6.07, 6.45) is 7.39. The molecule has 0 aromatic rings. The molecule has 0 aliphatic heterocycles. The second-order valence-electron chi connectivity index (χ2n) is 4.48. The van der Waals surface area contributed by atoms with Crippen LogP contribution >= 0.6 is 0 Å². The van der Waals surface area contributed by atoms with Crippen LogP contribution in [-0.4, -0.2) is 30.7 Å². The van der Waals surface area contributed by atoms with E-state index in [1.54, 1.807) is 0 Å². The van der Waals surface area contributed by atoms with Gasteiger partial charge in [-0.25, -0.2) is 8.78 Å². The molecule has 0 heterocycles. The maximum atomic E-state index is 12.6. The van der Waals surface area contributed by atoms with Crippen LogP contribution in [0.4, 0.5) is 8.78 Å². The van der Waals surface area contributed by atoms with Gasteiger partial charge in [-0.15, -0.1) is 0 Å². The Balaban J connectivity index is 2.00. The first-order valence-corrected chi connectivity index (χ1v) is 5.83. The van der Waals surface area contributed by atoms with E-state index >= 15 is 0 Å². The van der Waals surface area contributed by atoms with Gasteiger partial charge in [0, 0.05) is 0 Å². The molecule has 0 aromatic heterocycles. The minimum absolute atomic E-state index is 0.407. The smallest absolute Gasteiger partial charge is 0.282 e. The molecule has 0 aromatic carbocycles. The first kappa shape index (κ1) is 12.8. The van der Waals surface area contributed by atoms with Gasteiger partial charge in [0.25, 0.3) is 5.92 Å². The SMILES string of the molecule is OCC(F)(F)CNCCC1CCCCC1. The van der Waals surface area contributed by atoms with E-state index in [1.165, 1.54) is 32.1 Å². The summed E-state index contributed by atoms with van der Waals surface area (Å²) < 4.78 is 25.2. The van der Waals surface area contributed by atoms with Gasteiger partial charge in [-0.05, 0) is 18.9 Å². The van der Waals surface area contributed by atoms with Crippen LogP contribution in [0.25, 0.3) is 0 Å². The van der Waals surface area contributed by atoms with E-state index in [0.717, 1.165) is 6.42 Å². The lowest BCUT2D eigenvalue weighted by molar-refractivity contribution is -0.0476. The molecule has 1 saturated carbocycles. The molecule has 1 rings (SSSR count). The lowest BCUT2D eigenvalue weighted by atomic mass is 9.87. The van der Waals surface area contributed by atoms with Crippen molar-refractivity contribution in [3.05, 3.63) is 0 Å². The van der Waals surface area contributed by atoms with E-state index in [0.29, 0.717) is 12.5 Å². The summed E-state index contributed by atoms with van der Waals surface area (Å²) in [5.41, 5.74) is 0. The molecule has 0 unspecified atom stereocenters. The Morgan fingerprint density at radius 1 is 1.20 bits per heavy atom. The minimum Gasteiger partial charge on any atom is -0.390 e. The average molecular weight is 221 g/mol. The largest absolute Gasteiger partial charge is 0.390 e. The van der Waals surface area contributed by atoms with Crippen LogP contribution in [0.3, 0.4) is 0 Å². The molecule has 0 atom stereocenters. The number of nitrogens with one attached hydrogen (secondary N) is 1. The van der Waals surface area contributed by atoms with Crippen molar-refractivity contribution < 1.29 is 13.9 Å². The molecule has 90 valence electrons. The van der Waals surface area contributed by atoms with Gasteiger partial charge < -0.3 is 10.4 Å². The van der Waals surface area contributed by atoms with Crippen LogP contribution in [0.5, 0.6) is 0 Å². The predicted molar refractivity (Wildman–Crippen MR) is 56.1 cm³/mol. The van der Waals surface area contributed by atoms with Gasteiger partial charge in [0.1, 0.15) is 6.61 Å². The van der Waals surface area contributed by atoms with E-state index < -0.39 is 19.1 Å². The standard InChI is InChI=1S/C11H21F2NO/c12-11(13,9-15)8-14-7-6-10-4-2-1-3-5-10/h10,14-15H,1-9H2. The zero-order chi connectivity index (χ0) is 11.1. The fourth-order valence-corrected chi connectivity index (χ4v) is 2.11. The molecule has 1 aliphatic carbocycles. The number of aliphatic hydroxyl groups is 1. The lowest BCUT2D eigenvalue weighted by Gasteiger charge is -2.22. The molecule has 1 fully saturated rings. The molecular weight excluding hydrogens is 200 g/mol. The summed E-state index contributed by atoms with van der Waals surface area (Å²) in [5.74, 6) is -2.25. The predicted octanol–water partition coefficient (Wildman–Crippen LogP) is 2.17. The van der Waals surface area contributed by atoms with Crippen LogP contribution in [0.1, 0.15) is 38.5 Å². The number of alkyl halides is 2. The fraction of sp³-hybridized carbons (Fsp3) is 1.00. The Kier molecular flexibility index (Phi) is 5.47. The van der Waals surface area contributed by atoms with Crippen molar-refractivity contribution in [2.24, 2.45) is 5.92 Å². The van der Waals surface area contributed by atoms with Crippen molar-refractivity contribution in [3.63, 3.8) is 0 Å². The van der Waals surface area contributed by atoms with Gasteiger partial charge in [-0.3, -0.25) is 0 Å². The Morgan fingerprint density at radius 3 is 2.47 bits per heavy atom.